The summed E-state index contributed by atoms with van der Waals surface area (Å²) < 4.78 is 5.78. The first kappa shape index (κ1) is 20.8. The molecule has 1 aliphatic heterocycles. The van der Waals surface area contributed by atoms with Crippen molar-refractivity contribution in [3.05, 3.63) is 52.4 Å². The van der Waals surface area contributed by atoms with E-state index >= 15 is 0 Å². The molecule has 0 aromatic heterocycles. The van der Waals surface area contributed by atoms with E-state index < -0.39 is 21.7 Å². The summed E-state index contributed by atoms with van der Waals surface area (Å²) in [5.41, 5.74) is 5.21. The number of benzene rings is 1. The molecule has 148 valence electrons. The van der Waals surface area contributed by atoms with Crippen LogP contribution < -0.4 is 0 Å². The van der Waals surface area contributed by atoms with Crippen LogP contribution in [0.1, 0.15) is 24.8 Å². The fourth-order valence-corrected chi connectivity index (χ4v) is 6.27. The van der Waals surface area contributed by atoms with Crippen molar-refractivity contribution >= 4 is 27.7 Å². The molecule has 3 rings (SSSR count). The standard InChI is InChI=1S/C23H30O3Si2/c1-27(2,3)14-10-13-23(25)15-18(17-11-8-7-9-12-17)20-19(16-23)21(22(24)26-20)28(4,5)6/h7-9,11-12,25H,13,15-16H2,1-6H3. The minimum absolute atomic E-state index is 0.227. The van der Waals surface area contributed by atoms with Crippen LogP contribution in [0.25, 0.3) is 5.57 Å². The topological polar surface area (TPSA) is 46.5 Å². The maximum atomic E-state index is 12.7. The molecule has 1 aliphatic carbocycles. The zero-order valence-electron chi connectivity index (χ0n) is 17.8. The molecule has 2 aliphatic rings. The third kappa shape index (κ3) is 4.40. The van der Waals surface area contributed by atoms with Gasteiger partial charge >= 0.3 is 5.97 Å². The predicted molar refractivity (Wildman–Crippen MR) is 120 cm³/mol. The fourth-order valence-electron chi connectivity index (χ4n) is 3.89. The third-order valence-corrected chi connectivity index (χ3v) is 7.95. The molecule has 0 radical (unpaired) electrons. The predicted octanol–water partition coefficient (Wildman–Crippen LogP) is 4.92. The van der Waals surface area contributed by atoms with Gasteiger partial charge in [0.25, 0.3) is 0 Å². The van der Waals surface area contributed by atoms with E-state index in [1.165, 1.54) is 0 Å². The van der Waals surface area contributed by atoms with Crippen LogP contribution >= 0.6 is 0 Å². The van der Waals surface area contributed by atoms with E-state index in [-0.39, 0.29) is 5.97 Å². The van der Waals surface area contributed by atoms with E-state index in [4.69, 9.17) is 4.74 Å². The smallest absolute Gasteiger partial charge is 0.335 e. The number of carbonyl (C=O) groups excluding carboxylic acids is 1. The lowest BCUT2D eigenvalue weighted by atomic mass is 9.77. The molecular weight excluding hydrogens is 380 g/mol. The van der Waals surface area contributed by atoms with E-state index in [9.17, 15) is 9.90 Å². The van der Waals surface area contributed by atoms with Crippen molar-refractivity contribution in [2.24, 2.45) is 0 Å². The van der Waals surface area contributed by atoms with Crippen molar-refractivity contribution in [2.45, 2.75) is 64.1 Å². The summed E-state index contributed by atoms with van der Waals surface area (Å²) in [7, 11) is -3.42. The van der Waals surface area contributed by atoms with Gasteiger partial charge in [-0.25, -0.2) is 4.79 Å². The van der Waals surface area contributed by atoms with E-state index in [0.29, 0.717) is 25.0 Å². The molecule has 1 heterocycles. The van der Waals surface area contributed by atoms with Crippen molar-refractivity contribution in [3.63, 3.8) is 0 Å². The number of fused-ring (bicyclic) bond motifs is 1. The Labute approximate surface area is 170 Å². The Kier molecular flexibility index (Phi) is 5.35. The number of rotatable bonds is 3. The highest BCUT2D eigenvalue weighted by atomic mass is 28.3. The normalized spacial score (nSPS) is 22.6. The molecule has 0 bridgehead atoms. The number of ether oxygens (including phenoxy) is 1. The van der Waals surface area contributed by atoms with Gasteiger partial charge in [0, 0.05) is 35.6 Å². The molecule has 5 heteroatoms. The molecular formula is C23H30O3Si2. The summed E-state index contributed by atoms with van der Waals surface area (Å²) in [6.07, 6.45) is 1.30. The van der Waals surface area contributed by atoms with E-state index in [0.717, 1.165) is 21.9 Å². The fraction of sp³-hybridized carbons (Fsp3) is 0.435. The monoisotopic (exact) mass is 410 g/mol. The van der Waals surface area contributed by atoms with Gasteiger partial charge in [0.2, 0.25) is 0 Å². The zero-order chi connectivity index (χ0) is 20.7. The molecule has 0 spiro atoms. The summed E-state index contributed by atoms with van der Waals surface area (Å²) in [5.74, 6) is 3.70. The molecule has 0 saturated heterocycles. The quantitative estimate of drug-likeness (QED) is 0.437. The van der Waals surface area contributed by atoms with Crippen molar-refractivity contribution in [1.29, 1.82) is 0 Å². The summed E-state index contributed by atoms with van der Waals surface area (Å²) in [5, 5.41) is 12.3. The number of esters is 1. The second-order valence-corrected chi connectivity index (χ2v) is 19.7. The number of hydrogen-bond acceptors (Lipinski definition) is 3. The second kappa shape index (κ2) is 7.18. The van der Waals surface area contributed by atoms with E-state index in [1.807, 2.05) is 30.3 Å². The maximum absolute atomic E-state index is 12.7. The van der Waals surface area contributed by atoms with Crippen LogP contribution in [0.3, 0.4) is 0 Å². The summed E-state index contributed by atoms with van der Waals surface area (Å²) >= 11 is 0. The van der Waals surface area contributed by atoms with Crippen molar-refractivity contribution in [3.8, 4) is 11.5 Å². The Morgan fingerprint density at radius 2 is 1.64 bits per heavy atom. The van der Waals surface area contributed by atoms with Crippen LogP contribution in [0.15, 0.2) is 46.9 Å². The van der Waals surface area contributed by atoms with Gasteiger partial charge < -0.3 is 9.84 Å². The lowest BCUT2D eigenvalue weighted by molar-refractivity contribution is -0.132. The number of carbonyl (C=O) groups is 1. The maximum Gasteiger partial charge on any atom is 0.335 e. The summed E-state index contributed by atoms with van der Waals surface area (Å²) in [4.78, 5) is 12.7. The van der Waals surface area contributed by atoms with Gasteiger partial charge in [-0.3, -0.25) is 0 Å². The average molecular weight is 411 g/mol. The Bertz CT molecular complexity index is 919. The molecule has 0 fully saturated rings. The minimum atomic E-state index is -1.92. The van der Waals surface area contributed by atoms with Gasteiger partial charge in [-0.1, -0.05) is 69.6 Å². The van der Waals surface area contributed by atoms with E-state index in [2.05, 4.69) is 50.7 Å². The Hall–Kier alpha value is -1.88. The molecule has 1 aromatic rings. The number of allylic oxidation sites excluding steroid dienone is 1. The molecule has 1 unspecified atom stereocenters. The third-order valence-electron chi connectivity index (χ3n) is 5.01. The van der Waals surface area contributed by atoms with Crippen LogP contribution in [0.5, 0.6) is 0 Å². The summed E-state index contributed by atoms with van der Waals surface area (Å²) in [6.45, 7) is 13.1. The highest BCUT2D eigenvalue weighted by molar-refractivity contribution is 6.87. The van der Waals surface area contributed by atoms with Gasteiger partial charge in [-0.2, -0.15) is 0 Å². The SMILES string of the molecule is C[Si](C)(C)C#CCC1(O)CC2=C([Si](C)(C)C)C(=O)OC2=C(c2ccccc2)C1. The second-order valence-electron chi connectivity index (χ2n) is 9.97. The lowest BCUT2D eigenvalue weighted by Crippen LogP contribution is -2.35. The van der Waals surface area contributed by atoms with Gasteiger partial charge in [-0.05, 0) is 5.56 Å². The van der Waals surface area contributed by atoms with Gasteiger partial charge in [0.15, 0.2) is 0 Å². The highest BCUT2D eigenvalue weighted by Crippen LogP contribution is 2.48. The molecule has 1 atom stereocenters. The van der Waals surface area contributed by atoms with Gasteiger partial charge in [0.1, 0.15) is 13.8 Å². The van der Waals surface area contributed by atoms with Crippen LogP contribution in [0, 0.1) is 11.5 Å². The number of hydrogen-bond donors (Lipinski definition) is 1. The van der Waals surface area contributed by atoms with Crippen LogP contribution in [-0.4, -0.2) is 32.8 Å². The van der Waals surface area contributed by atoms with Crippen LogP contribution in [0.2, 0.25) is 39.3 Å². The van der Waals surface area contributed by atoms with Crippen molar-refractivity contribution in [1.82, 2.24) is 0 Å². The molecule has 3 nitrogen and oxygen atoms in total. The number of aliphatic hydroxyl groups is 1. The Morgan fingerprint density at radius 1 is 1.04 bits per heavy atom. The first-order valence-electron chi connectivity index (χ1n) is 9.87. The molecule has 28 heavy (non-hydrogen) atoms. The molecule has 0 saturated carbocycles. The first-order chi connectivity index (χ1) is 12.9. The largest absolute Gasteiger partial charge is 0.423 e. The first-order valence-corrected chi connectivity index (χ1v) is 16.9. The van der Waals surface area contributed by atoms with Crippen LogP contribution in [-0.2, 0) is 9.53 Å². The van der Waals surface area contributed by atoms with E-state index in [1.54, 1.807) is 0 Å². The van der Waals surface area contributed by atoms with Crippen molar-refractivity contribution in [2.75, 3.05) is 0 Å². The highest BCUT2D eigenvalue weighted by Gasteiger charge is 2.46. The lowest BCUT2D eigenvalue weighted by Gasteiger charge is -2.34. The van der Waals surface area contributed by atoms with Gasteiger partial charge in [-0.15, -0.1) is 11.5 Å². The van der Waals surface area contributed by atoms with Crippen LogP contribution in [0.4, 0.5) is 0 Å². The average Bonchev–Trinajstić information content (AvgIpc) is 2.89. The summed E-state index contributed by atoms with van der Waals surface area (Å²) in [6, 6.07) is 9.94. The molecule has 1 N–H and O–H groups in total. The Morgan fingerprint density at radius 3 is 2.21 bits per heavy atom. The zero-order valence-corrected chi connectivity index (χ0v) is 19.8. The molecule has 0 amide bonds. The minimum Gasteiger partial charge on any atom is -0.423 e. The van der Waals surface area contributed by atoms with Crippen molar-refractivity contribution < 1.29 is 14.6 Å². The molecule has 1 aromatic carbocycles. The van der Waals surface area contributed by atoms with Gasteiger partial charge in [0.05, 0.1) is 13.7 Å². The Balaban J connectivity index is 2.12.